The van der Waals surface area contributed by atoms with Crippen molar-refractivity contribution in [2.24, 2.45) is 4.99 Å². The molecule has 2 rings (SSSR count). The van der Waals surface area contributed by atoms with Crippen LogP contribution in [0.5, 0.6) is 0 Å². The van der Waals surface area contributed by atoms with E-state index in [0.29, 0.717) is 6.42 Å². The molecule has 0 aromatic heterocycles. The SMILES string of the molecule is N#CN=C(Cc1ccccc1)c1ccccc1. The second-order valence-corrected chi connectivity index (χ2v) is 3.69. The Labute approximate surface area is 101 Å². The molecule has 17 heavy (non-hydrogen) atoms. The smallest absolute Gasteiger partial charge is 0.177 e. The lowest BCUT2D eigenvalue weighted by atomic mass is 10.0. The Hall–Kier alpha value is -2.40. The lowest BCUT2D eigenvalue weighted by molar-refractivity contribution is 1.29. The summed E-state index contributed by atoms with van der Waals surface area (Å²) in [6, 6.07) is 19.8. The minimum absolute atomic E-state index is 0.679. The first-order valence-electron chi connectivity index (χ1n) is 5.45. The summed E-state index contributed by atoms with van der Waals surface area (Å²) in [5.41, 5.74) is 2.96. The van der Waals surface area contributed by atoms with Crippen LogP contribution in [0.15, 0.2) is 65.7 Å². The van der Waals surface area contributed by atoms with Gasteiger partial charge in [0, 0.05) is 6.42 Å². The van der Waals surface area contributed by atoms with E-state index in [1.165, 1.54) is 0 Å². The number of nitrogens with zero attached hydrogens (tertiary/aromatic N) is 2. The molecule has 0 bridgehead atoms. The molecule has 0 amide bonds. The molecule has 0 saturated heterocycles. The van der Waals surface area contributed by atoms with Crippen LogP contribution in [0.2, 0.25) is 0 Å². The van der Waals surface area contributed by atoms with Gasteiger partial charge >= 0.3 is 0 Å². The first kappa shape index (κ1) is 11.1. The van der Waals surface area contributed by atoms with Crippen LogP contribution in [0.4, 0.5) is 0 Å². The van der Waals surface area contributed by atoms with Gasteiger partial charge in [-0.25, -0.2) is 0 Å². The van der Waals surface area contributed by atoms with Crippen LogP contribution in [0.25, 0.3) is 0 Å². The summed E-state index contributed by atoms with van der Waals surface area (Å²) >= 11 is 0. The topological polar surface area (TPSA) is 36.1 Å². The van der Waals surface area contributed by atoms with E-state index in [2.05, 4.69) is 4.99 Å². The number of nitriles is 1. The van der Waals surface area contributed by atoms with Crippen LogP contribution in [0, 0.1) is 11.5 Å². The molecule has 0 unspecified atom stereocenters. The summed E-state index contributed by atoms with van der Waals surface area (Å²) in [6.07, 6.45) is 2.55. The highest BCUT2D eigenvalue weighted by molar-refractivity contribution is 6.02. The molecule has 2 heteroatoms. The summed E-state index contributed by atoms with van der Waals surface area (Å²) < 4.78 is 0. The van der Waals surface area contributed by atoms with Crippen LogP contribution in [0.1, 0.15) is 11.1 Å². The highest BCUT2D eigenvalue weighted by atomic mass is 14.7. The van der Waals surface area contributed by atoms with Crippen LogP contribution < -0.4 is 0 Å². The molecule has 82 valence electrons. The molecule has 0 aliphatic heterocycles. The molecule has 0 atom stereocenters. The molecular formula is C15H12N2. The van der Waals surface area contributed by atoms with Crippen molar-refractivity contribution >= 4 is 5.71 Å². The lowest BCUT2D eigenvalue weighted by Crippen LogP contribution is -2.04. The Bertz CT molecular complexity index is 536. The summed E-state index contributed by atoms with van der Waals surface area (Å²) in [7, 11) is 0. The molecule has 2 aromatic rings. The second-order valence-electron chi connectivity index (χ2n) is 3.69. The van der Waals surface area contributed by atoms with Gasteiger partial charge < -0.3 is 0 Å². The van der Waals surface area contributed by atoms with Gasteiger partial charge in [-0.2, -0.15) is 10.3 Å². The first-order valence-corrected chi connectivity index (χ1v) is 5.45. The van der Waals surface area contributed by atoms with Crippen molar-refractivity contribution in [3.63, 3.8) is 0 Å². The minimum Gasteiger partial charge on any atom is -0.177 e. The Morgan fingerprint density at radius 3 is 2.12 bits per heavy atom. The average molecular weight is 220 g/mol. The van der Waals surface area contributed by atoms with Gasteiger partial charge in [0.25, 0.3) is 0 Å². The van der Waals surface area contributed by atoms with E-state index in [1.807, 2.05) is 66.9 Å². The third-order valence-electron chi connectivity index (χ3n) is 2.51. The first-order chi connectivity index (χ1) is 8.40. The molecule has 0 fully saturated rings. The monoisotopic (exact) mass is 220 g/mol. The lowest BCUT2D eigenvalue weighted by Gasteiger charge is -2.04. The maximum atomic E-state index is 8.74. The van der Waals surface area contributed by atoms with Crippen molar-refractivity contribution in [3.8, 4) is 6.19 Å². The van der Waals surface area contributed by atoms with Gasteiger partial charge in [-0.1, -0.05) is 60.7 Å². The zero-order valence-corrected chi connectivity index (χ0v) is 9.38. The van der Waals surface area contributed by atoms with E-state index < -0.39 is 0 Å². The van der Waals surface area contributed by atoms with Crippen LogP contribution in [0.3, 0.4) is 0 Å². The summed E-state index contributed by atoms with van der Waals surface area (Å²) in [5.74, 6) is 0. The van der Waals surface area contributed by atoms with E-state index in [1.54, 1.807) is 0 Å². The molecular weight excluding hydrogens is 208 g/mol. The van der Waals surface area contributed by atoms with Crippen molar-refractivity contribution in [1.29, 1.82) is 5.26 Å². The van der Waals surface area contributed by atoms with Crippen molar-refractivity contribution in [1.82, 2.24) is 0 Å². The molecule has 0 aliphatic carbocycles. The minimum atomic E-state index is 0.679. The maximum absolute atomic E-state index is 8.74. The van der Waals surface area contributed by atoms with Gasteiger partial charge in [0.1, 0.15) is 0 Å². The zero-order valence-electron chi connectivity index (χ0n) is 9.38. The van der Waals surface area contributed by atoms with Gasteiger partial charge in [0.2, 0.25) is 6.19 Å². The predicted octanol–water partition coefficient (Wildman–Crippen LogP) is 3.20. The summed E-state index contributed by atoms with van der Waals surface area (Å²) in [4.78, 5) is 3.91. The van der Waals surface area contributed by atoms with E-state index in [4.69, 9.17) is 5.26 Å². The van der Waals surface area contributed by atoms with Crippen molar-refractivity contribution < 1.29 is 0 Å². The fourth-order valence-electron chi connectivity index (χ4n) is 1.69. The maximum Gasteiger partial charge on any atom is 0.205 e. The molecule has 0 saturated carbocycles. The quantitative estimate of drug-likeness (QED) is 0.578. The van der Waals surface area contributed by atoms with Crippen LogP contribution >= 0.6 is 0 Å². The van der Waals surface area contributed by atoms with Gasteiger partial charge in [-0.3, -0.25) is 0 Å². The van der Waals surface area contributed by atoms with Crippen molar-refractivity contribution in [2.45, 2.75) is 6.42 Å². The van der Waals surface area contributed by atoms with E-state index in [0.717, 1.165) is 16.8 Å². The molecule has 0 aliphatic rings. The largest absolute Gasteiger partial charge is 0.205 e. The number of aliphatic imine (C=N–C) groups is 1. The zero-order chi connectivity index (χ0) is 11.9. The van der Waals surface area contributed by atoms with E-state index in [-0.39, 0.29) is 0 Å². The van der Waals surface area contributed by atoms with Gasteiger partial charge in [0.15, 0.2) is 0 Å². The van der Waals surface area contributed by atoms with Crippen molar-refractivity contribution in [3.05, 3.63) is 71.8 Å². The second kappa shape index (κ2) is 5.62. The molecule has 0 heterocycles. The van der Waals surface area contributed by atoms with Gasteiger partial charge in [-0.05, 0) is 11.1 Å². The third kappa shape index (κ3) is 3.02. The van der Waals surface area contributed by atoms with Crippen molar-refractivity contribution in [2.75, 3.05) is 0 Å². The third-order valence-corrected chi connectivity index (χ3v) is 2.51. The number of hydrogen-bond donors (Lipinski definition) is 0. The predicted molar refractivity (Wildman–Crippen MR) is 68.7 cm³/mol. The van der Waals surface area contributed by atoms with E-state index >= 15 is 0 Å². The molecule has 2 nitrogen and oxygen atoms in total. The van der Waals surface area contributed by atoms with Gasteiger partial charge in [0.05, 0.1) is 5.71 Å². The number of rotatable bonds is 3. The van der Waals surface area contributed by atoms with Crippen LogP contribution in [-0.2, 0) is 6.42 Å². The van der Waals surface area contributed by atoms with Crippen LogP contribution in [-0.4, -0.2) is 5.71 Å². The normalized spacial score (nSPS) is 10.9. The molecule has 2 aromatic carbocycles. The fraction of sp³-hybridized carbons (Fsp3) is 0.0667. The Kier molecular flexibility index (Phi) is 3.67. The molecule has 0 N–H and O–H groups in total. The van der Waals surface area contributed by atoms with Gasteiger partial charge in [-0.15, -0.1) is 0 Å². The average Bonchev–Trinajstić information content (AvgIpc) is 2.40. The summed E-state index contributed by atoms with van der Waals surface area (Å²) in [6.45, 7) is 0. The molecule has 0 radical (unpaired) electrons. The number of benzene rings is 2. The Morgan fingerprint density at radius 1 is 0.941 bits per heavy atom. The molecule has 0 spiro atoms. The summed E-state index contributed by atoms with van der Waals surface area (Å²) in [5, 5.41) is 8.74. The highest BCUT2D eigenvalue weighted by Crippen LogP contribution is 2.08. The highest BCUT2D eigenvalue weighted by Gasteiger charge is 2.04. The fourth-order valence-corrected chi connectivity index (χ4v) is 1.69. The Balaban J connectivity index is 2.27. The standard InChI is InChI=1S/C15H12N2/c16-12-17-15(14-9-5-2-6-10-14)11-13-7-3-1-4-8-13/h1-10H,11H2. The van der Waals surface area contributed by atoms with E-state index in [9.17, 15) is 0 Å². The Morgan fingerprint density at radius 2 is 1.53 bits per heavy atom. The number of hydrogen-bond acceptors (Lipinski definition) is 2.